The molecule has 36 heteroatoms. The molecule has 0 aromatic heterocycles. The van der Waals surface area contributed by atoms with Gasteiger partial charge in [-0.2, -0.15) is 0 Å². The van der Waals surface area contributed by atoms with Crippen LogP contribution < -0.4 is 98.6 Å². The fraction of sp³-hybridized carbons (Fsp3) is 0.614. The molecule has 1 aliphatic rings. The van der Waals surface area contributed by atoms with E-state index < -0.39 is 181 Å². The lowest BCUT2D eigenvalue weighted by molar-refractivity contribution is -0.142. The number of aromatic hydroxyl groups is 1. The van der Waals surface area contributed by atoms with E-state index in [2.05, 4.69) is 63.5 Å². The van der Waals surface area contributed by atoms with Crippen molar-refractivity contribution >= 4 is 88.7 Å². The van der Waals surface area contributed by atoms with E-state index in [0.29, 0.717) is 56.2 Å². The monoisotopic (exact) mass is 1490 g/mol. The molecular weight excluding hydrogens is 1380 g/mol. The van der Waals surface area contributed by atoms with Gasteiger partial charge in [-0.05, 0) is 138 Å². The Morgan fingerprint density at radius 2 is 1.03 bits per heavy atom. The number of primary amides is 1. The quantitative estimate of drug-likeness (QED) is 0.0169. The zero-order valence-electron chi connectivity index (χ0n) is 61.6. The van der Waals surface area contributed by atoms with Gasteiger partial charge in [0.25, 0.3) is 0 Å². The smallest absolute Gasteiger partial charge is 0.305 e. The molecule has 0 bridgehead atoms. The van der Waals surface area contributed by atoms with E-state index in [9.17, 15) is 77.3 Å². The van der Waals surface area contributed by atoms with E-state index in [0.717, 1.165) is 0 Å². The number of likely N-dealkylation sites (tertiary alicyclic amines) is 1. The van der Waals surface area contributed by atoms with Crippen LogP contribution in [0.4, 0.5) is 0 Å². The van der Waals surface area contributed by atoms with Crippen LogP contribution in [-0.2, 0) is 80.0 Å². The fourth-order valence-electron chi connectivity index (χ4n) is 11.4. The summed E-state index contributed by atoms with van der Waals surface area (Å²) in [7, 11) is 0. The number of carbonyl (C=O) groups excluding carboxylic acids is 13. The molecule has 590 valence electrons. The van der Waals surface area contributed by atoms with E-state index in [1.54, 1.807) is 70.2 Å². The fourth-order valence-corrected chi connectivity index (χ4v) is 11.4. The van der Waals surface area contributed by atoms with Crippen molar-refractivity contribution in [2.45, 2.75) is 211 Å². The predicted octanol–water partition coefficient (Wildman–Crippen LogP) is -4.54. The third kappa shape index (κ3) is 33.4. The summed E-state index contributed by atoms with van der Waals surface area (Å²) in [6.07, 6.45) is 1.99. The average Bonchev–Trinajstić information content (AvgIpc) is 1.59. The number of phenolic OH excluding ortho intramolecular Hbond substituents is 1. The molecule has 2 aromatic rings. The second-order valence-corrected chi connectivity index (χ2v) is 27.3. The molecule has 0 spiro atoms. The molecule has 1 heterocycles. The second-order valence-electron chi connectivity index (χ2n) is 27.3. The Morgan fingerprint density at radius 1 is 0.528 bits per heavy atom. The molecule has 1 aliphatic heterocycles. The number of carboxylic acid groups (broad SMARTS) is 1. The van der Waals surface area contributed by atoms with Crippen molar-refractivity contribution in [2.24, 2.45) is 62.9 Å². The molecule has 0 unspecified atom stereocenters. The van der Waals surface area contributed by atoms with Crippen LogP contribution in [0.5, 0.6) is 5.75 Å². The van der Waals surface area contributed by atoms with Gasteiger partial charge < -0.3 is 114 Å². The van der Waals surface area contributed by atoms with E-state index in [-0.39, 0.29) is 101 Å². The van der Waals surface area contributed by atoms with Gasteiger partial charge in [0, 0.05) is 26.1 Å². The maximum absolute atomic E-state index is 14.5. The predicted molar refractivity (Wildman–Crippen MR) is 393 cm³/mol. The third-order valence-electron chi connectivity index (χ3n) is 17.4. The van der Waals surface area contributed by atoms with Crippen molar-refractivity contribution in [3.63, 3.8) is 0 Å². The minimum Gasteiger partial charge on any atom is -0.508 e. The van der Waals surface area contributed by atoms with Crippen LogP contribution in [0.15, 0.2) is 59.6 Å². The molecule has 13 amide bonds. The highest BCUT2D eigenvalue weighted by Gasteiger charge is 2.40. The van der Waals surface area contributed by atoms with Gasteiger partial charge in [0.1, 0.15) is 66.2 Å². The average molecular weight is 1490 g/mol. The van der Waals surface area contributed by atoms with Crippen LogP contribution in [0.2, 0.25) is 0 Å². The van der Waals surface area contributed by atoms with Crippen molar-refractivity contribution < 1.29 is 77.3 Å². The van der Waals surface area contributed by atoms with Crippen molar-refractivity contribution in [3.05, 3.63) is 65.7 Å². The van der Waals surface area contributed by atoms with Crippen LogP contribution in [-0.4, -0.2) is 216 Å². The first-order valence-electron chi connectivity index (χ1n) is 36.0. The molecule has 12 atom stereocenters. The van der Waals surface area contributed by atoms with Crippen LogP contribution >= 0.6 is 0 Å². The zero-order chi connectivity index (χ0) is 79.2. The lowest BCUT2D eigenvalue weighted by atomic mass is 9.97. The number of aliphatic carboxylic acids is 1. The van der Waals surface area contributed by atoms with Crippen molar-refractivity contribution in [1.29, 1.82) is 0 Å². The number of nitrogens with one attached hydrogen (secondary N) is 11. The van der Waals surface area contributed by atoms with Gasteiger partial charge in [0.05, 0.1) is 25.6 Å². The highest BCUT2D eigenvalue weighted by atomic mass is 16.4. The van der Waals surface area contributed by atoms with Gasteiger partial charge in [-0.1, -0.05) is 90.4 Å². The summed E-state index contributed by atoms with van der Waals surface area (Å²) in [5.74, 6) is -13.5. The molecule has 106 heavy (non-hydrogen) atoms. The molecule has 36 nitrogen and oxygen atoms in total. The Hall–Kier alpha value is -10.1. The standard InChI is InChI=1S/C70H114N20O16/c1-7-41(6)58(68(105)80-36-46(74)69(106)90-30-16-22-54(90)67(104)85-48(20-12-14-28-72)61(98)86-50(31-39(2)3)63(100)83-47(59(75)96)19-11-13-27-71)89-62(99)49(21-15-29-78-70(76)77)84-66(103)53(35-57(94)95)88-64(101)51(32-40(4)5)87-65(102)52(34-42-17-9-8-10-18-42)82-56(93)38-79-55(92)37-81-60(97)45(73)33-43-23-25-44(91)26-24-43/h8-10,17-18,23-26,39-41,45-54,58,91H,7,11-16,19-22,27-38,71-74H2,1-6H3,(H2,75,96)(H,79,92)(H,80,105)(H,81,97)(H,82,93)(H,83,100)(H,84,103)(H,85,104)(H,86,98)(H,87,102)(H,88,101)(H,89,99)(H,94,95)(H4,76,77,78)/t41-,45-,46-,47-,48-,49-,50-,51-,52-,53+,54-,58-/m0/s1. The molecule has 1 saturated heterocycles. The third-order valence-corrected chi connectivity index (χ3v) is 17.4. The van der Waals surface area contributed by atoms with E-state index >= 15 is 0 Å². The van der Waals surface area contributed by atoms with Gasteiger partial charge in [-0.3, -0.25) is 72.1 Å². The number of rotatable bonds is 49. The zero-order valence-corrected chi connectivity index (χ0v) is 61.6. The first kappa shape index (κ1) is 90.1. The second kappa shape index (κ2) is 47.4. The Labute approximate surface area is 618 Å². The summed E-state index contributed by atoms with van der Waals surface area (Å²) in [6.45, 7) is 9.43. The van der Waals surface area contributed by atoms with E-state index in [4.69, 9.17) is 40.1 Å². The lowest BCUT2D eigenvalue weighted by Gasteiger charge is -2.30. The molecule has 0 radical (unpaired) electrons. The van der Waals surface area contributed by atoms with Crippen molar-refractivity contribution in [1.82, 2.24) is 63.4 Å². The van der Waals surface area contributed by atoms with Gasteiger partial charge in [0.15, 0.2) is 5.96 Å². The molecule has 0 aliphatic carbocycles. The molecule has 0 saturated carbocycles. The molecular formula is C70H114N20O16. The summed E-state index contributed by atoms with van der Waals surface area (Å²) >= 11 is 0. The number of hydrogen-bond acceptors (Lipinski definition) is 20. The topological polar surface area (TPSA) is 610 Å². The minimum atomic E-state index is -1.90. The molecule has 1 fully saturated rings. The summed E-state index contributed by atoms with van der Waals surface area (Å²) in [4.78, 5) is 196. The number of phenols is 1. The Kier molecular flexibility index (Phi) is 40.3. The molecule has 2 aromatic carbocycles. The number of guanidine groups is 1. The normalized spacial score (nSPS) is 15.7. The maximum Gasteiger partial charge on any atom is 0.305 e. The molecule has 27 N–H and O–H groups in total. The lowest BCUT2D eigenvalue weighted by Crippen LogP contribution is -2.61. The van der Waals surface area contributed by atoms with Crippen LogP contribution in [0.1, 0.15) is 143 Å². The number of amides is 13. The summed E-state index contributed by atoms with van der Waals surface area (Å²) in [6, 6.07) is -0.164. The highest BCUT2D eigenvalue weighted by molar-refractivity contribution is 5.99. The SMILES string of the molecule is CC[C@H](C)[C@H](NC(=O)[C@H](CCCN=C(N)N)NC(=O)[C@@H](CC(=O)O)NC(=O)[C@H](CC(C)C)NC(=O)[C@H](Cc1ccccc1)NC(=O)CNC(=O)CNC(=O)[C@@H](N)Cc1ccc(O)cc1)C(=O)NC[C@H](N)C(=O)N1CCC[C@H]1C(=O)N[C@@H](CCCCN)C(=O)N[C@@H](CC(C)C)C(=O)N[C@@H](CCCCN)C(N)=O. The maximum atomic E-state index is 14.5. The first-order chi connectivity index (χ1) is 50.2. The van der Waals surface area contributed by atoms with Gasteiger partial charge in [0.2, 0.25) is 76.8 Å². The Morgan fingerprint density at radius 3 is 1.58 bits per heavy atom. The Bertz CT molecular complexity index is 3270. The number of unbranched alkanes of at least 4 members (excludes halogenated alkanes) is 2. The van der Waals surface area contributed by atoms with E-state index in [1.807, 2.05) is 13.8 Å². The van der Waals surface area contributed by atoms with Gasteiger partial charge in [-0.25, -0.2) is 0 Å². The van der Waals surface area contributed by atoms with Crippen LogP contribution in [0, 0.1) is 17.8 Å². The highest BCUT2D eigenvalue weighted by Crippen LogP contribution is 2.21. The molecule has 3 rings (SSSR count). The van der Waals surface area contributed by atoms with Crippen LogP contribution in [0.25, 0.3) is 0 Å². The number of carboxylic acids is 1. The van der Waals surface area contributed by atoms with Crippen molar-refractivity contribution in [3.8, 4) is 5.75 Å². The summed E-state index contributed by atoms with van der Waals surface area (Å²) in [5, 5.41) is 47.9. The van der Waals surface area contributed by atoms with Gasteiger partial charge >= 0.3 is 5.97 Å². The summed E-state index contributed by atoms with van der Waals surface area (Å²) in [5.41, 5.74) is 41.8. The van der Waals surface area contributed by atoms with E-state index in [1.165, 1.54) is 17.0 Å². The van der Waals surface area contributed by atoms with Crippen LogP contribution in [0.3, 0.4) is 0 Å². The number of carbonyl (C=O) groups is 14. The number of aliphatic imine (C=N–C) groups is 1. The van der Waals surface area contributed by atoms with Crippen molar-refractivity contribution in [2.75, 3.05) is 45.8 Å². The van der Waals surface area contributed by atoms with Gasteiger partial charge in [-0.15, -0.1) is 0 Å². The first-order valence-corrected chi connectivity index (χ1v) is 36.0. The number of nitrogens with two attached hydrogens (primary N) is 7. The largest absolute Gasteiger partial charge is 0.508 e. The minimum absolute atomic E-state index is 0.0244. The Balaban J connectivity index is 1.79. The summed E-state index contributed by atoms with van der Waals surface area (Å²) < 4.78 is 0. The number of nitrogens with zero attached hydrogens (tertiary/aromatic N) is 2. The number of benzene rings is 2. The number of hydrogen-bond donors (Lipinski definition) is 20.